The second kappa shape index (κ2) is 6.88. The Kier molecular flexibility index (Phi) is 5.35. The van der Waals surface area contributed by atoms with Crippen LogP contribution < -0.4 is 0 Å². The average Bonchev–Trinajstić information content (AvgIpc) is 2.85. The van der Waals surface area contributed by atoms with Crippen LogP contribution in [0.5, 0.6) is 0 Å². The van der Waals surface area contributed by atoms with Crippen LogP contribution in [0, 0.1) is 11.8 Å². The van der Waals surface area contributed by atoms with Gasteiger partial charge in [0.1, 0.15) is 11.7 Å². The van der Waals surface area contributed by atoms with Gasteiger partial charge in [-0.15, -0.1) is 0 Å². The van der Waals surface area contributed by atoms with Crippen molar-refractivity contribution in [1.29, 1.82) is 0 Å². The molecule has 1 saturated heterocycles. The van der Waals surface area contributed by atoms with Crippen molar-refractivity contribution in [2.45, 2.75) is 71.5 Å². The summed E-state index contributed by atoms with van der Waals surface area (Å²) in [5.74, 6) is 0.565. The normalized spacial score (nSPS) is 29.3. The van der Waals surface area contributed by atoms with Crippen LogP contribution in [0.3, 0.4) is 0 Å². The molecule has 1 heterocycles. The van der Waals surface area contributed by atoms with Gasteiger partial charge in [0.05, 0.1) is 12.5 Å². The summed E-state index contributed by atoms with van der Waals surface area (Å²) in [7, 11) is 0. The van der Waals surface area contributed by atoms with E-state index < -0.39 is 5.60 Å². The first-order valence-corrected chi connectivity index (χ1v) is 8.43. The van der Waals surface area contributed by atoms with Gasteiger partial charge in [-0.2, -0.15) is 0 Å². The van der Waals surface area contributed by atoms with Crippen molar-refractivity contribution in [3.05, 3.63) is 0 Å². The van der Waals surface area contributed by atoms with Crippen molar-refractivity contribution in [1.82, 2.24) is 4.90 Å². The van der Waals surface area contributed by atoms with Crippen molar-refractivity contribution < 1.29 is 19.1 Å². The second-order valence-corrected chi connectivity index (χ2v) is 7.74. The van der Waals surface area contributed by atoms with Crippen LogP contribution in [0.25, 0.3) is 0 Å². The number of rotatable bonds is 2. The first-order valence-electron chi connectivity index (χ1n) is 8.43. The third-order valence-corrected chi connectivity index (χ3v) is 4.35. The number of hydrogen-bond donors (Lipinski definition) is 0. The van der Waals surface area contributed by atoms with E-state index in [0.717, 1.165) is 19.3 Å². The summed E-state index contributed by atoms with van der Waals surface area (Å²) in [6, 6.07) is 0. The number of ether oxygens (including phenoxy) is 2. The van der Waals surface area contributed by atoms with Gasteiger partial charge in [0.25, 0.3) is 0 Å². The largest absolute Gasteiger partial charge is 0.460 e. The Morgan fingerprint density at radius 2 is 1.86 bits per heavy atom. The Bertz CT molecular complexity index is 415. The van der Waals surface area contributed by atoms with Gasteiger partial charge in [-0.3, -0.25) is 4.79 Å². The summed E-state index contributed by atoms with van der Waals surface area (Å²) in [5, 5.41) is 0. The number of nitrogens with zero attached hydrogens (tertiary/aromatic N) is 1. The Morgan fingerprint density at radius 3 is 2.50 bits per heavy atom. The molecule has 2 aliphatic rings. The molecule has 1 aliphatic carbocycles. The highest BCUT2D eigenvalue weighted by molar-refractivity contribution is 5.73. The van der Waals surface area contributed by atoms with Gasteiger partial charge >= 0.3 is 12.1 Å². The van der Waals surface area contributed by atoms with E-state index in [1.807, 2.05) is 20.8 Å². The van der Waals surface area contributed by atoms with Crippen LogP contribution in [-0.4, -0.2) is 41.8 Å². The fourth-order valence-corrected chi connectivity index (χ4v) is 3.23. The van der Waals surface area contributed by atoms with Crippen LogP contribution in [0.1, 0.15) is 59.8 Å². The zero-order valence-electron chi connectivity index (χ0n) is 14.3. The van der Waals surface area contributed by atoms with E-state index in [-0.39, 0.29) is 24.1 Å². The third-order valence-electron chi connectivity index (χ3n) is 4.35. The van der Waals surface area contributed by atoms with Gasteiger partial charge in [0, 0.05) is 13.0 Å². The summed E-state index contributed by atoms with van der Waals surface area (Å²) in [5.41, 5.74) is -0.496. The Balaban J connectivity index is 1.78. The Morgan fingerprint density at radius 1 is 1.14 bits per heavy atom. The number of carbonyl (C=O) groups is 2. The molecule has 5 heteroatoms. The minimum absolute atomic E-state index is 0.0410. The highest BCUT2D eigenvalue weighted by Crippen LogP contribution is 2.30. The smallest absolute Gasteiger partial charge is 0.410 e. The molecule has 0 aromatic rings. The van der Waals surface area contributed by atoms with Crippen LogP contribution in [0.15, 0.2) is 0 Å². The second-order valence-electron chi connectivity index (χ2n) is 7.74. The first-order chi connectivity index (χ1) is 10.2. The average molecular weight is 311 g/mol. The molecular formula is C17H29NO4. The molecule has 3 atom stereocenters. The number of esters is 1. The zero-order chi connectivity index (χ0) is 16.3. The minimum Gasteiger partial charge on any atom is -0.460 e. The molecule has 126 valence electrons. The molecule has 1 aliphatic heterocycles. The molecule has 0 aromatic heterocycles. The lowest BCUT2D eigenvalue weighted by atomic mass is 9.82. The van der Waals surface area contributed by atoms with E-state index >= 15 is 0 Å². The van der Waals surface area contributed by atoms with E-state index in [0.29, 0.717) is 25.4 Å². The van der Waals surface area contributed by atoms with Crippen LogP contribution in [-0.2, 0) is 14.3 Å². The lowest BCUT2D eigenvalue weighted by molar-refractivity contribution is -0.155. The lowest BCUT2D eigenvalue weighted by Crippen LogP contribution is -2.36. The Labute approximate surface area is 133 Å². The summed E-state index contributed by atoms with van der Waals surface area (Å²) in [6.45, 7) is 8.78. The molecule has 0 aromatic carbocycles. The first kappa shape index (κ1) is 17.1. The lowest BCUT2D eigenvalue weighted by Gasteiger charge is -2.26. The quantitative estimate of drug-likeness (QED) is 0.734. The van der Waals surface area contributed by atoms with Gasteiger partial charge in [0.15, 0.2) is 0 Å². The van der Waals surface area contributed by atoms with Crippen LogP contribution in [0.2, 0.25) is 0 Å². The summed E-state index contributed by atoms with van der Waals surface area (Å²) in [6.07, 6.45) is 4.38. The highest BCUT2D eigenvalue weighted by Gasteiger charge is 2.34. The van der Waals surface area contributed by atoms with Crippen LogP contribution in [0.4, 0.5) is 4.79 Å². The predicted octanol–water partition coefficient (Wildman–Crippen LogP) is 3.37. The molecular weight excluding hydrogens is 282 g/mol. The van der Waals surface area contributed by atoms with E-state index in [9.17, 15) is 9.59 Å². The molecule has 1 amide bonds. The fourth-order valence-electron chi connectivity index (χ4n) is 3.23. The molecule has 5 nitrogen and oxygen atoms in total. The summed E-state index contributed by atoms with van der Waals surface area (Å²) < 4.78 is 11.0. The fraction of sp³-hybridized carbons (Fsp3) is 0.882. The minimum atomic E-state index is -0.496. The van der Waals surface area contributed by atoms with E-state index in [4.69, 9.17) is 9.47 Å². The maximum absolute atomic E-state index is 12.2. The van der Waals surface area contributed by atoms with Gasteiger partial charge in [-0.1, -0.05) is 19.8 Å². The van der Waals surface area contributed by atoms with E-state index in [1.54, 1.807) is 4.90 Å². The molecule has 0 N–H and O–H groups in total. The standard InChI is InChI=1S/C17H29NO4/c1-12-6-5-7-13(10-12)15(19)21-14-8-9-18(11-14)16(20)22-17(2,3)4/h12-14H,5-11H2,1-4H3/t12-,13-,14+/m1/s1. The number of likely N-dealkylation sites (tertiary alicyclic amines) is 1. The van der Waals surface area contributed by atoms with Crippen molar-refractivity contribution in [3.8, 4) is 0 Å². The molecule has 2 fully saturated rings. The van der Waals surface area contributed by atoms with Crippen molar-refractivity contribution >= 4 is 12.1 Å². The topological polar surface area (TPSA) is 55.8 Å². The third kappa shape index (κ3) is 4.89. The molecule has 2 rings (SSSR count). The van der Waals surface area contributed by atoms with Crippen molar-refractivity contribution in [2.24, 2.45) is 11.8 Å². The van der Waals surface area contributed by atoms with E-state index in [2.05, 4.69) is 6.92 Å². The number of carbonyl (C=O) groups excluding carboxylic acids is 2. The predicted molar refractivity (Wildman–Crippen MR) is 83.4 cm³/mol. The van der Waals surface area contributed by atoms with Crippen molar-refractivity contribution in [3.63, 3.8) is 0 Å². The summed E-state index contributed by atoms with van der Waals surface area (Å²) >= 11 is 0. The molecule has 1 saturated carbocycles. The zero-order valence-corrected chi connectivity index (χ0v) is 14.3. The monoisotopic (exact) mass is 311 g/mol. The van der Waals surface area contributed by atoms with E-state index in [1.165, 1.54) is 6.42 Å². The molecule has 0 bridgehead atoms. The van der Waals surface area contributed by atoms with Crippen molar-refractivity contribution in [2.75, 3.05) is 13.1 Å². The van der Waals surface area contributed by atoms with Gasteiger partial charge in [0.2, 0.25) is 0 Å². The van der Waals surface area contributed by atoms with Gasteiger partial charge in [-0.25, -0.2) is 4.79 Å². The highest BCUT2D eigenvalue weighted by atomic mass is 16.6. The van der Waals surface area contributed by atoms with Gasteiger partial charge < -0.3 is 14.4 Å². The van der Waals surface area contributed by atoms with Crippen LogP contribution >= 0.6 is 0 Å². The molecule has 0 unspecified atom stereocenters. The molecule has 0 radical (unpaired) electrons. The SMILES string of the molecule is C[C@@H]1CCC[C@@H](C(=O)O[C@H]2CCN(C(=O)OC(C)(C)C)C2)C1. The molecule has 0 spiro atoms. The van der Waals surface area contributed by atoms with Gasteiger partial charge in [-0.05, 0) is 39.5 Å². The summed E-state index contributed by atoms with van der Waals surface area (Å²) in [4.78, 5) is 25.9. The number of hydrogen-bond acceptors (Lipinski definition) is 4. The Hall–Kier alpha value is -1.26. The molecule has 22 heavy (non-hydrogen) atoms. The maximum Gasteiger partial charge on any atom is 0.410 e. The maximum atomic E-state index is 12.2. The number of amides is 1.